The monoisotopic (exact) mass is 476 g/mol. The van der Waals surface area contributed by atoms with Gasteiger partial charge in [0.15, 0.2) is 5.82 Å². The summed E-state index contributed by atoms with van der Waals surface area (Å²) in [5.41, 5.74) is 5.14. The van der Waals surface area contributed by atoms with Gasteiger partial charge in [-0.25, -0.2) is 4.98 Å². The molecule has 1 fully saturated rings. The quantitative estimate of drug-likeness (QED) is 0.357. The topological polar surface area (TPSA) is 96.9 Å². The normalized spacial score (nSPS) is 15.4. The summed E-state index contributed by atoms with van der Waals surface area (Å²) in [7, 11) is 0. The fourth-order valence-electron chi connectivity index (χ4n) is 4.76. The molecule has 1 atom stereocenters. The van der Waals surface area contributed by atoms with Gasteiger partial charge >= 0.3 is 0 Å². The summed E-state index contributed by atoms with van der Waals surface area (Å²) < 4.78 is 6.42. The van der Waals surface area contributed by atoms with E-state index in [-0.39, 0.29) is 11.9 Å². The number of aromatic amines is 1. The fourth-order valence-corrected chi connectivity index (χ4v) is 4.76. The Labute approximate surface area is 208 Å². The van der Waals surface area contributed by atoms with Crippen molar-refractivity contribution in [2.45, 2.75) is 25.8 Å². The number of aromatic nitrogens is 5. The molecule has 3 aromatic heterocycles. The van der Waals surface area contributed by atoms with Gasteiger partial charge in [0.2, 0.25) is 5.91 Å². The number of fused-ring (bicyclic) bond motifs is 1. The minimum atomic E-state index is -0.0534. The molecule has 2 aromatic carbocycles. The molecule has 0 radical (unpaired) electrons. The number of nitrogens with one attached hydrogen (secondary N) is 1. The lowest BCUT2D eigenvalue weighted by atomic mass is 10.0. The van der Waals surface area contributed by atoms with Gasteiger partial charge in [-0.2, -0.15) is 0 Å². The van der Waals surface area contributed by atoms with Crippen molar-refractivity contribution in [3.63, 3.8) is 0 Å². The van der Waals surface area contributed by atoms with Crippen LogP contribution in [0.25, 0.3) is 33.8 Å². The van der Waals surface area contributed by atoms with Crippen LogP contribution in [-0.4, -0.2) is 42.3 Å². The van der Waals surface area contributed by atoms with Gasteiger partial charge < -0.3 is 14.6 Å². The van der Waals surface area contributed by atoms with Gasteiger partial charge in [0.25, 0.3) is 0 Å². The third-order valence-corrected chi connectivity index (χ3v) is 6.48. The van der Waals surface area contributed by atoms with E-state index in [2.05, 4.69) is 26.0 Å². The van der Waals surface area contributed by atoms with E-state index < -0.39 is 0 Å². The molecule has 4 heterocycles. The predicted molar refractivity (Wildman–Crippen MR) is 136 cm³/mol. The summed E-state index contributed by atoms with van der Waals surface area (Å²) in [6.45, 7) is 2.37. The first kappa shape index (κ1) is 21.9. The average molecular weight is 477 g/mol. The number of rotatable bonds is 5. The van der Waals surface area contributed by atoms with E-state index in [0.717, 1.165) is 52.9 Å². The van der Waals surface area contributed by atoms with E-state index in [1.165, 1.54) is 0 Å². The van der Waals surface area contributed by atoms with Crippen LogP contribution in [0.5, 0.6) is 11.5 Å². The lowest BCUT2D eigenvalue weighted by molar-refractivity contribution is -0.129. The SMILES string of the molecule is CC(=O)N1CCCC1c1cc2[nH]c(-c3ccccn3)nc2cc1Oc1ccc(-c2cnccn2)cc1. The smallest absolute Gasteiger partial charge is 0.219 e. The first-order chi connectivity index (χ1) is 17.7. The number of carbonyl (C=O) groups is 1. The second-order valence-electron chi connectivity index (χ2n) is 8.80. The van der Waals surface area contributed by atoms with Crippen LogP contribution in [0.2, 0.25) is 0 Å². The van der Waals surface area contributed by atoms with E-state index in [9.17, 15) is 4.79 Å². The second kappa shape index (κ2) is 9.22. The molecule has 36 heavy (non-hydrogen) atoms. The van der Waals surface area contributed by atoms with Crippen LogP contribution >= 0.6 is 0 Å². The van der Waals surface area contributed by atoms with Crippen LogP contribution in [0.3, 0.4) is 0 Å². The van der Waals surface area contributed by atoms with E-state index >= 15 is 0 Å². The number of carbonyl (C=O) groups excluding carboxylic acids is 1. The third-order valence-electron chi connectivity index (χ3n) is 6.48. The number of benzene rings is 2. The number of amides is 1. The zero-order valence-electron chi connectivity index (χ0n) is 19.8. The van der Waals surface area contributed by atoms with Crippen LogP contribution in [0.1, 0.15) is 31.4 Å². The number of hydrogen-bond donors (Lipinski definition) is 1. The highest BCUT2D eigenvalue weighted by Gasteiger charge is 2.31. The number of likely N-dealkylation sites (tertiary alicyclic amines) is 1. The number of ether oxygens (including phenoxy) is 1. The van der Waals surface area contributed by atoms with Gasteiger partial charge in [-0.05, 0) is 55.3 Å². The molecule has 5 aromatic rings. The Morgan fingerprint density at radius 1 is 1.03 bits per heavy atom. The molecule has 1 unspecified atom stereocenters. The highest BCUT2D eigenvalue weighted by Crippen LogP contribution is 2.41. The summed E-state index contributed by atoms with van der Waals surface area (Å²) >= 11 is 0. The molecule has 0 spiro atoms. The zero-order chi connectivity index (χ0) is 24.5. The molecule has 8 nitrogen and oxygen atoms in total. The molecule has 0 saturated carbocycles. The molecule has 6 rings (SSSR count). The number of imidazole rings is 1. The van der Waals surface area contributed by atoms with Crippen LogP contribution < -0.4 is 4.74 Å². The van der Waals surface area contributed by atoms with Gasteiger partial charge in [0.1, 0.15) is 17.2 Å². The van der Waals surface area contributed by atoms with Gasteiger partial charge in [-0.1, -0.05) is 6.07 Å². The maximum Gasteiger partial charge on any atom is 0.219 e. The van der Waals surface area contributed by atoms with Crippen molar-refractivity contribution in [3.05, 3.63) is 84.9 Å². The van der Waals surface area contributed by atoms with Gasteiger partial charge in [-0.15, -0.1) is 0 Å². The predicted octanol–water partition coefficient (Wildman–Crippen LogP) is 5.56. The molecule has 1 aliphatic rings. The van der Waals surface area contributed by atoms with E-state index in [1.807, 2.05) is 53.4 Å². The number of pyridine rings is 1. The van der Waals surface area contributed by atoms with Crippen LogP contribution in [0.4, 0.5) is 0 Å². The Kier molecular flexibility index (Phi) is 5.61. The molecular formula is C28H24N6O2. The Bertz CT molecular complexity index is 1520. The molecule has 1 N–H and O–H groups in total. The fraction of sp³-hybridized carbons (Fsp3) is 0.179. The number of nitrogens with zero attached hydrogens (tertiary/aromatic N) is 5. The number of H-pyrrole nitrogens is 1. The molecule has 8 heteroatoms. The van der Waals surface area contributed by atoms with Gasteiger partial charge in [0.05, 0.1) is 29.0 Å². The maximum absolute atomic E-state index is 12.4. The first-order valence-corrected chi connectivity index (χ1v) is 11.9. The summed E-state index contributed by atoms with van der Waals surface area (Å²) in [5, 5.41) is 0. The van der Waals surface area contributed by atoms with Crippen molar-refractivity contribution >= 4 is 16.9 Å². The number of hydrogen-bond acceptors (Lipinski definition) is 6. The summed E-state index contributed by atoms with van der Waals surface area (Å²) in [5.74, 6) is 2.13. The molecule has 178 valence electrons. The maximum atomic E-state index is 12.4. The first-order valence-electron chi connectivity index (χ1n) is 11.9. The van der Waals surface area contributed by atoms with Crippen molar-refractivity contribution in [1.29, 1.82) is 0 Å². The van der Waals surface area contributed by atoms with Crippen molar-refractivity contribution in [3.8, 4) is 34.3 Å². The summed E-state index contributed by atoms with van der Waals surface area (Å²) in [4.78, 5) is 35.4. The van der Waals surface area contributed by atoms with Crippen LogP contribution in [-0.2, 0) is 4.79 Å². The summed E-state index contributed by atoms with van der Waals surface area (Å²) in [6, 6.07) is 17.4. The Morgan fingerprint density at radius 2 is 1.89 bits per heavy atom. The zero-order valence-corrected chi connectivity index (χ0v) is 19.8. The van der Waals surface area contributed by atoms with Crippen LogP contribution in [0.15, 0.2) is 79.4 Å². The van der Waals surface area contributed by atoms with E-state index in [4.69, 9.17) is 9.72 Å². The standard InChI is InChI=1S/C28H24N6O2/c1-18(35)34-14-4-6-26(34)21-15-23-24(33-28(32-23)22-5-2-3-11-30-22)16-27(21)36-20-9-7-19(8-10-20)25-17-29-12-13-31-25/h2-3,5,7-13,15-17,26H,4,6,14H2,1H3,(H,32,33). The lowest BCUT2D eigenvalue weighted by Gasteiger charge is -2.25. The minimum Gasteiger partial charge on any atom is -0.457 e. The van der Waals surface area contributed by atoms with Crippen molar-refractivity contribution in [2.24, 2.45) is 0 Å². The van der Waals surface area contributed by atoms with Gasteiger partial charge in [-0.3, -0.25) is 19.7 Å². The molecular weight excluding hydrogens is 452 g/mol. The largest absolute Gasteiger partial charge is 0.457 e. The average Bonchev–Trinajstić information content (AvgIpc) is 3.57. The van der Waals surface area contributed by atoms with Crippen LogP contribution in [0, 0.1) is 0 Å². The molecule has 0 aliphatic carbocycles. The third kappa shape index (κ3) is 4.17. The Morgan fingerprint density at radius 3 is 2.64 bits per heavy atom. The molecule has 1 aliphatic heterocycles. The van der Waals surface area contributed by atoms with E-state index in [1.54, 1.807) is 31.7 Å². The second-order valence-corrected chi connectivity index (χ2v) is 8.80. The molecule has 0 bridgehead atoms. The highest BCUT2D eigenvalue weighted by atomic mass is 16.5. The van der Waals surface area contributed by atoms with E-state index in [0.29, 0.717) is 17.3 Å². The molecule has 1 amide bonds. The Hall–Kier alpha value is -4.59. The molecule has 1 saturated heterocycles. The highest BCUT2D eigenvalue weighted by molar-refractivity contribution is 5.82. The Balaban J connectivity index is 1.40. The summed E-state index contributed by atoms with van der Waals surface area (Å²) in [6.07, 6.45) is 8.64. The lowest BCUT2D eigenvalue weighted by Crippen LogP contribution is -2.28. The minimum absolute atomic E-state index is 0.0534. The van der Waals surface area contributed by atoms with Crippen molar-refractivity contribution in [2.75, 3.05) is 6.54 Å². The van der Waals surface area contributed by atoms with Gasteiger partial charge in [0, 0.05) is 49.3 Å². The van der Waals surface area contributed by atoms with Crippen molar-refractivity contribution in [1.82, 2.24) is 29.8 Å². The van der Waals surface area contributed by atoms with Crippen molar-refractivity contribution < 1.29 is 9.53 Å².